The smallest absolute Gasteiger partial charge is 0.277 e. The normalized spacial score (nSPS) is 15.3. The molecule has 0 atom stereocenters. The van der Waals surface area contributed by atoms with Crippen molar-refractivity contribution in [3.8, 4) is 0 Å². The molecule has 164 valence electrons. The van der Waals surface area contributed by atoms with E-state index >= 15 is 0 Å². The fraction of sp³-hybridized carbons (Fsp3) is 0.368. The zero-order chi connectivity index (χ0) is 21.8. The molecule has 3 aromatic rings. The Kier molecular flexibility index (Phi) is 6.70. The number of nitrogens with zero attached hydrogens (tertiary/aromatic N) is 5. The van der Waals surface area contributed by atoms with E-state index in [9.17, 15) is 13.2 Å². The Morgan fingerprint density at radius 2 is 1.90 bits per heavy atom. The van der Waals surface area contributed by atoms with Gasteiger partial charge in [0.15, 0.2) is 0 Å². The number of carbonyl (C=O) groups is 1. The topological polar surface area (TPSA) is 110 Å². The third kappa shape index (κ3) is 5.32. The van der Waals surface area contributed by atoms with Gasteiger partial charge in [-0.1, -0.05) is 30.0 Å². The number of rotatable bonds is 7. The summed E-state index contributed by atoms with van der Waals surface area (Å²) in [4.78, 5) is 18.8. The van der Waals surface area contributed by atoms with Crippen LogP contribution in [0.2, 0.25) is 0 Å². The number of thiazole rings is 1. The maximum atomic E-state index is 12.7. The molecule has 4 rings (SSSR count). The van der Waals surface area contributed by atoms with Crippen molar-refractivity contribution in [3.05, 3.63) is 52.3 Å². The first-order chi connectivity index (χ1) is 14.9. The molecule has 0 N–H and O–H groups in total. The van der Waals surface area contributed by atoms with Crippen molar-refractivity contribution in [3.63, 3.8) is 0 Å². The summed E-state index contributed by atoms with van der Waals surface area (Å²) < 4.78 is 32.4. The summed E-state index contributed by atoms with van der Waals surface area (Å²) in [5.41, 5.74) is 0.877. The van der Waals surface area contributed by atoms with E-state index in [-0.39, 0.29) is 29.6 Å². The molecule has 31 heavy (non-hydrogen) atoms. The molecule has 3 heterocycles. The molecule has 12 heteroatoms. The molecule has 0 bridgehead atoms. The zero-order valence-corrected chi connectivity index (χ0v) is 19.3. The number of piperazine rings is 1. The van der Waals surface area contributed by atoms with Crippen molar-refractivity contribution < 1.29 is 17.6 Å². The number of benzene rings is 1. The van der Waals surface area contributed by atoms with Crippen LogP contribution in [-0.2, 0) is 21.2 Å². The van der Waals surface area contributed by atoms with Gasteiger partial charge in [-0.25, -0.2) is 13.4 Å². The van der Waals surface area contributed by atoms with Crippen LogP contribution in [0.15, 0.2) is 50.2 Å². The van der Waals surface area contributed by atoms with Gasteiger partial charge in [0, 0.05) is 31.6 Å². The number of aryl methyl sites for hydroxylation is 1. The third-order valence-corrected chi connectivity index (χ3v) is 8.28. The van der Waals surface area contributed by atoms with E-state index < -0.39 is 10.0 Å². The molecule has 0 radical (unpaired) electrons. The highest BCUT2D eigenvalue weighted by Crippen LogP contribution is 2.21. The van der Waals surface area contributed by atoms with Crippen LogP contribution in [0.4, 0.5) is 0 Å². The predicted octanol–water partition coefficient (Wildman–Crippen LogP) is 2.05. The number of thioether (sulfide) groups is 1. The maximum absolute atomic E-state index is 12.7. The largest absolute Gasteiger partial charge is 0.416 e. The highest BCUT2D eigenvalue weighted by molar-refractivity contribution is 7.99. The molecule has 1 saturated heterocycles. The fourth-order valence-electron chi connectivity index (χ4n) is 3.15. The molecule has 9 nitrogen and oxygen atoms in total. The van der Waals surface area contributed by atoms with Gasteiger partial charge < -0.3 is 9.32 Å². The third-order valence-electron chi connectivity index (χ3n) is 4.74. The molecule has 2 aromatic heterocycles. The van der Waals surface area contributed by atoms with Gasteiger partial charge in [0.1, 0.15) is 0 Å². The molecule has 0 spiro atoms. The van der Waals surface area contributed by atoms with Crippen molar-refractivity contribution in [1.82, 2.24) is 24.4 Å². The molecule has 0 aliphatic carbocycles. The maximum Gasteiger partial charge on any atom is 0.277 e. The van der Waals surface area contributed by atoms with Crippen LogP contribution in [0.5, 0.6) is 0 Å². The highest BCUT2D eigenvalue weighted by Gasteiger charge is 2.30. The molecule has 1 aromatic carbocycles. The summed E-state index contributed by atoms with van der Waals surface area (Å²) in [5.74, 6) is 0.528. The van der Waals surface area contributed by atoms with E-state index in [1.54, 1.807) is 46.6 Å². The molecule has 0 saturated carbocycles. The average molecular weight is 480 g/mol. The van der Waals surface area contributed by atoms with Gasteiger partial charge in [-0.2, -0.15) is 4.31 Å². The Bertz CT molecular complexity index is 1140. The lowest BCUT2D eigenvalue weighted by Crippen LogP contribution is -2.50. The Hall–Kier alpha value is -2.28. The summed E-state index contributed by atoms with van der Waals surface area (Å²) in [6.07, 6.45) is 0.462. The number of carbonyl (C=O) groups excluding carboxylic acids is 1. The molecule has 1 aliphatic rings. The Morgan fingerprint density at radius 3 is 2.58 bits per heavy atom. The number of hydrogen-bond acceptors (Lipinski definition) is 9. The standard InChI is InChI=1S/C19H21N5O4S3/c1-14-20-15(12-29-14)11-17-21-22-19(28-17)30-13-18(25)23-7-9-24(10-8-23)31(26,27)16-5-3-2-4-6-16/h2-6,12H,7-11,13H2,1H3. The first kappa shape index (κ1) is 21.9. The minimum absolute atomic E-state index is 0.0864. The van der Waals surface area contributed by atoms with E-state index in [0.29, 0.717) is 30.6 Å². The number of hydrogen-bond donors (Lipinski definition) is 0. The lowest BCUT2D eigenvalue weighted by atomic mass is 10.3. The first-order valence-corrected chi connectivity index (χ1v) is 12.9. The van der Waals surface area contributed by atoms with Crippen LogP contribution in [-0.4, -0.2) is 70.6 Å². The number of aromatic nitrogens is 3. The lowest BCUT2D eigenvalue weighted by molar-refractivity contribution is -0.129. The van der Waals surface area contributed by atoms with E-state index in [2.05, 4.69) is 15.2 Å². The zero-order valence-electron chi connectivity index (χ0n) is 16.8. The van der Waals surface area contributed by atoms with E-state index in [1.807, 2.05) is 12.3 Å². The van der Waals surface area contributed by atoms with Gasteiger partial charge in [-0.05, 0) is 19.1 Å². The molecule has 0 unspecified atom stereocenters. The Labute approximate surface area is 188 Å². The molecule has 1 amide bonds. The summed E-state index contributed by atoms with van der Waals surface area (Å²) in [7, 11) is -3.54. The molecular weight excluding hydrogens is 458 g/mol. The molecule has 1 fully saturated rings. The molecular formula is C19H21N5O4S3. The molecule has 1 aliphatic heterocycles. The van der Waals surface area contributed by atoms with Crippen LogP contribution in [0, 0.1) is 6.92 Å². The summed E-state index contributed by atoms with van der Waals surface area (Å²) in [6, 6.07) is 8.34. The Morgan fingerprint density at radius 1 is 1.16 bits per heavy atom. The number of sulfonamides is 1. The predicted molar refractivity (Wildman–Crippen MR) is 116 cm³/mol. The second kappa shape index (κ2) is 9.47. The Balaban J connectivity index is 1.26. The second-order valence-electron chi connectivity index (χ2n) is 6.88. The van der Waals surface area contributed by atoms with E-state index in [4.69, 9.17) is 4.42 Å². The fourth-order valence-corrected chi connectivity index (χ4v) is 5.89. The van der Waals surface area contributed by atoms with Crippen LogP contribution < -0.4 is 0 Å². The minimum atomic E-state index is -3.54. The van der Waals surface area contributed by atoms with Crippen molar-refractivity contribution in [2.45, 2.75) is 23.5 Å². The van der Waals surface area contributed by atoms with Crippen molar-refractivity contribution >= 4 is 39.0 Å². The lowest BCUT2D eigenvalue weighted by Gasteiger charge is -2.33. The van der Waals surface area contributed by atoms with Gasteiger partial charge >= 0.3 is 0 Å². The SMILES string of the molecule is Cc1nc(Cc2nnc(SCC(=O)N3CCN(S(=O)(=O)c4ccccc4)CC3)o2)cs1. The number of amides is 1. The van der Waals surface area contributed by atoms with Crippen LogP contribution in [0.1, 0.15) is 16.6 Å². The summed E-state index contributed by atoms with van der Waals surface area (Å²) in [6.45, 7) is 3.18. The average Bonchev–Trinajstić information content (AvgIpc) is 3.41. The van der Waals surface area contributed by atoms with Crippen molar-refractivity contribution in [1.29, 1.82) is 0 Å². The van der Waals surface area contributed by atoms with Gasteiger partial charge in [0.2, 0.25) is 21.8 Å². The van der Waals surface area contributed by atoms with Crippen molar-refractivity contribution in [2.75, 3.05) is 31.9 Å². The second-order valence-corrected chi connectivity index (χ2v) is 10.8. The summed E-state index contributed by atoms with van der Waals surface area (Å²) in [5, 5.41) is 11.2. The van der Waals surface area contributed by atoms with E-state index in [0.717, 1.165) is 10.7 Å². The van der Waals surface area contributed by atoms with Gasteiger partial charge in [0.25, 0.3) is 5.22 Å². The van der Waals surface area contributed by atoms with Gasteiger partial charge in [-0.3, -0.25) is 4.79 Å². The first-order valence-electron chi connectivity index (χ1n) is 9.61. The van der Waals surface area contributed by atoms with Gasteiger partial charge in [-0.15, -0.1) is 21.5 Å². The van der Waals surface area contributed by atoms with Crippen molar-refractivity contribution in [2.24, 2.45) is 0 Å². The summed E-state index contributed by atoms with van der Waals surface area (Å²) >= 11 is 2.74. The van der Waals surface area contributed by atoms with E-state index in [1.165, 1.54) is 16.1 Å². The quantitative estimate of drug-likeness (QED) is 0.474. The van der Waals surface area contributed by atoms with Crippen LogP contribution >= 0.6 is 23.1 Å². The monoisotopic (exact) mass is 479 g/mol. The van der Waals surface area contributed by atoms with Crippen LogP contribution in [0.25, 0.3) is 0 Å². The van der Waals surface area contributed by atoms with Gasteiger partial charge in [0.05, 0.1) is 27.8 Å². The highest BCUT2D eigenvalue weighted by atomic mass is 32.2. The van der Waals surface area contributed by atoms with Crippen LogP contribution in [0.3, 0.4) is 0 Å². The minimum Gasteiger partial charge on any atom is -0.416 e.